The Morgan fingerprint density at radius 1 is 1.22 bits per heavy atom. The van der Waals surface area contributed by atoms with Crippen molar-refractivity contribution in [2.24, 2.45) is 17.8 Å². The van der Waals surface area contributed by atoms with Gasteiger partial charge in [0.2, 0.25) is 5.91 Å². The van der Waals surface area contributed by atoms with Crippen LogP contribution in [-0.4, -0.2) is 26.8 Å². The van der Waals surface area contributed by atoms with Crippen LogP contribution in [0, 0.1) is 17.8 Å². The molecule has 6 nitrogen and oxygen atoms in total. The average Bonchev–Trinajstić information content (AvgIpc) is 3.55. The summed E-state index contributed by atoms with van der Waals surface area (Å²) in [4.78, 5) is 31.0. The number of benzene rings is 1. The predicted octanol–water partition coefficient (Wildman–Crippen LogP) is 4.46. The fraction of sp³-hybridized carbons (Fsp3) is 0.480. The van der Waals surface area contributed by atoms with Gasteiger partial charge >= 0.3 is 0 Å². The molecule has 2 fully saturated rings. The third-order valence-electron chi connectivity index (χ3n) is 7.18. The lowest BCUT2D eigenvalue weighted by Gasteiger charge is -2.29. The van der Waals surface area contributed by atoms with Gasteiger partial charge in [0.05, 0.1) is 29.0 Å². The van der Waals surface area contributed by atoms with Crippen LogP contribution in [0.15, 0.2) is 57.0 Å². The molecule has 0 spiro atoms. The van der Waals surface area contributed by atoms with Crippen molar-refractivity contribution in [3.8, 4) is 0 Å². The number of aromatic nitrogens is 2. The molecule has 2 aromatic heterocycles. The van der Waals surface area contributed by atoms with Gasteiger partial charge in [0.15, 0.2) is 5.16 Å². The highest BCUT2D eigenvalue weighted by atomic mass is 32.2. The summed E-state index contributed by atoms with van der Waals surface area (Å²) < 4.78 is 7.08. The summed E-state index contributed by atoms with van der Waals surface area (Å²) in [5.41, 5.74) is 0.510. The van der Waals surface area contributed by atoms with E-state index < -0.39 is 0 Å². The van der Waals surface area contributed by atoms with Gasteiger partial charge in [0, 0.05) is 6.04 Å². The maximum Gasteiger partial charge on any atom is 0.262 e. The van der Waals surface area contributed by atoms with Crippen LogP contribution in [0.2, 0.25) is 0 Å². The van der Waals surface area contributed by atoms with Gasteiger partial charge < -0.3 is 9.73 Å². The molecule has 0 saturated heterocycles. The summed E-state index contributed by atoms with van der Waals surface area (Å²) >= 11 is 1.33. The molecule has 2 aliphatic carbocycles. The topological polar surface area (TPSA) is 77.1 Å². The minimum atomic E-state index is -0.369. The highest BCUT2D eigenvalue weighted by Gasteiger charge is 2.42. The van der Waals surface area contributed by atoms with Gasteiger partial charge in [-0.1, -0.05) is 30.3 Å². The summed E-state index contributed by atoms with van der Waals surface area (Å²) in [5.74, 6) is 2.88. The van der Waals surface area contributed by atoms with Gasteiger partial charge in [-0.25, -0.2) is 4.98 Å². The monoisotopic (exact) mass is 451 g/mol. The third kappa shape index (κ3) is 4.10. The second-order valence-electron chi connectivity index (χ2n) is 9.28. The minimum Gasteiger partial charge on any atom is -0.467 e. The number of carbonyl (C=O) groups excluding carboxylic acids is 1. The van der Waals surface area contributed by atoms with Crippen LogP contribution < -0.4 is 10.9 Å². The maximum atomic E-state index is 13.2. The number of carbonyl (C=O) groups is 1. The first kappa shape index (κ1) is 21.3. The summed E-state index contributed by atoms with van der Waals surface area (Å²) in [6.07, 6.45) is 6.82. The summed E-state index contributed by atoms with van der Waals surface area (Å²) in [6, 6.07) is 11.1. The zero-order valence-corrected chi connectivity index (χ0v) is 19.3. The normalized spacial score (nSPS) is 24.0. The number of fused-ring (bicyclic) bond motifs is 3. The molecule has 7 heteroatoms. The van der Waals surface area contributed by atoms with E-state index in [-0.39, 0.29) is 29.3 Å². The van der Waals surface area contributed by atoms with E-state index in [1.54, 1.807) is 23.0 Å². The van der Waals surface area contributed by atoms with Crippen molar-refractivity contribution in [3.63, 3.8) is 0 Å². The second kappa shape index (κ2) is 8.77. The fourth-order valence-electron chi connectivity index (χ4n) is 5.50. The lowest BCUT2D eigenvalue weighted by atomic mass is 9.84. The van der Waals surface area contributed by atoms with Gasteiger partial charge in [-0.15, -0.1) is 0 Å². The number of nitrogens with zero attached hydrogens (tertiary/aromatic N) is 2. The van der Waals surface area contributed by atoms with Gasteiger partial charge in [-0.3, -0.25) is 14.2 Å². The number of hydrogen-bond donors (Lipinski definition) is 1. The zero-order valence-electron chi connectivity index (χ0n) is 18.5. The molecular formula is C25H29N3O3S. The van der Waals surface area contributed by atoms with Crippen LogP contribution in [0.25, 0.3) is 10.9 Å². The summed E-state index contributed by atoms with van der Waals surface area (Å²) in [6.45, 7) is 4.30. The minimum absolute atomic E-state index is 0.00257. The van der Waals surface area contributed by atoms with E-state index in [0.717, 1.165) is 11.8 Å². The van der Waals surface area contributed by atoms with E-state index in [4.69, 9.17) is 9.40 Å². The molecule has 1 amide bonds. The average molecular weight is 452 g/mol. The SMILES string of the molecule is CC(Sc1nc2ccccc2c(=O)n1Cc1ccco1)C(=O)NC(C)C1CC2CCC1C2. The van der Waals surface area contributed by atoms with Crippen LogP contribution >= 0.6 is 11.8 Å². The number of para-hydroxylation sites is 1. The van der Waals surface area contributed by atoms with Gasteiger partial charge in [0.25, 0.3) is 5.56 Å². The molecule has 2 saturated carbocycles. The number of thioether (sulfide) groups is 1. The first-order valence-corrected chi connectivity index (χ1v) is 12.4. The van der Waals surface area contributed by atoms with Crippen molar-refractivity contribution in [1.29, 1.82) is 0 Å². The van der Waals surface area contributed by atoms with Gasteiger partial charge in [0.1, 0.15) is 5.76 Å². The molecule has 2 aliphatic rings. The van der Waals surface area contributed by atoms with Gasteiger partial charge in [-0.2, -0.15) is 0 Å². The van der Waals surface area contributed by atoms with E-state index >= 15 is 0 Å². The quantitative estimate of drug-likeness (QED) is 0.424. The Kier molecular flexibility index (Phi) is 5.84. The molecule has 168 valence electrons. The highest BCUT2D eigenvalue weighted by molar-refractivity contribution is 8.00. The van der Waals surface area contributed by atoms with Crippen molar-refractivity contribution in [2.45, 2.75) is 62.5 Å². The second-order valence-corrected chi connectivity index (χ2v) is 10.6. The third-order valence-corrected chi connectivity index (χ3v) is 8.27. The van der Waals surface area contributed by atoms with Crippen molar-refractivity contribution in [1.82, 2.24) is 14.9 Å². The Labute approximate surface area is 191 Å². The van der Waals surface area contributed by atoms with E-state index in [9.17, 15) is 9.59 Å². The van der Waals surface area contributed by atoms with Crippen LogP contribution in [0.4, 0.5) is 0 Å². The van der Waals surface area contributed by atoms with Crippen molar-refractivity contribution in [3.05, 3.63) is 58.8 Å². The molecule has 0 aliphatic heterocycles. The molecule has 3 aromatic rings. The first-order chi connectivity index (χ1) is 15.5. The fourth-order valence-corrected chi connectivity index (χ4v) is 6.42. The Morgan fingerprint density at radius 2 is 2.06 bits per heavy atom. The first-order valence-electron chi connectivity index (χ1n) is 11.5. The van der Waals surface area contributed by atoms with Crippen LogP contribution in [0.3, 0.4) is 0 Å². The highest BCUT2D eigenvalue weighted by Crippen LogP contribution is 2.49. The molecular weight excluding hydrogens is 422 g/mol. The number of hydrogen-bond acceptors (Lipinski definition) is 5. The molecule has 5 rings (SSSR count). The number of furan rings is 1. The Bertz CT molecular complexity index is 1170. The molecule has 1 aromatic carbocycles. The molecule has 1 N–H and O–H groups in total. The zero-order chi connectivity index (χ0) is 22.2. The molecule has 2 heterocycles. The van der Waals surface area contributed by atoms with Crippen molar-refractivity contribution < 1.29 is 9.21 Å². The van der Waals surface area contributed by atoms with Crippen LogP contribution in [0.1, 0.15) is 45.3 Å². The Hall–Kier alpha value is -2.54. The van der Waals surface area contributed by atoms with Crippen molar-refractivity contribution in [2.75, 3.05) is 0 Å². The molecule has 0 radical (unpaired) electrons. The summed E-state index contributed by atoms with van der Waals surface area (Å²) in [5, 5.41) is 3.97. The van der Waals surface area contributed by atoms with E-state index in [2.05, 4.69) is 12.2 Å². The smallest absolute Gasteiger partial charge is 0.262 e. The Balaban J connectivity index is 1.36. The number of amides is 1. The molecule has 2 bridgehead atoms. The van der Waals surface area contributed by atoms with E-state index in [1.807, 2.05) is 31.2 Å². The van der Waals surface area contributed by atoms with E-state index in [0.29, 0.717) is 27.7 Å². The Morgan fingerprint density at radius 3 is 2.78 bits per heavy atom. The standard InChI is InChI=1S/C25H29N3O3S/c1-15(21-13-17-9-10-18(21)12-17)26-23(29)16(2)32-25-27-22-8-4-3-7-20(22)24(30)28(25)14-19-6-5-11-31-19/h3-8,11,15-18,21H,9-10,12-14H2,1-2H3,(H,26,29). The summed E-state index contributed by atoms with van der Waals surface area (Å²) in [7, 11) is 0. The van der Waals surface area contributed by atoms with Crippen LogP contribution in [-0.2, 0) is 11.3 Å². The molecule has 32 heavy (non-hydrogen) atoms. The van der Waals surface area contributed by atoms with Gasteiger partial charge in [-0.05, 0) is 75.1 Å². The molecule has 5 atom stereocenters. The number of nitrogens with one attached hydrogen (secondary N) is 1. The predicted molar refractivity (Wildman–Crippen MR) is 126 cm³/mol. The maximum absolute atomic E-state index is 13.2. The van der Waals surface area contributed by atoms with E-state index in [1.165, 1.54) is 37.4 Å². The number of rotatable bonds is 7. The largest absolute Gasteiger partial charge is 0.467 e. The molecule has 5 unspecified atom stereocenters. The van der Waals surface area contributed by atoms with Crippen LogP contribution in [0.5, 0.6) is 0 Å². The van der Waals surface area contributed by atoms with Crippen molar-refractivity contribution >= 4 is 28.6 Å². The lowest BCUT2D eigenvalue weighted by molar-refractivity contribution is -0.121. The lowest BCUT2D eigenvalue weighted by Crippen LogP contribution is -2.43.